The third-order valence-electron chi connectivity index (χ3n) is 2.06. The first kappa shape index (κ1) is 10.8. The van der Waals surface area contributed by atoms with Gasteiger partial charge in [-0.1, -0.05) is 0 Å². The molecule has 0 spiro atoms. The van der Waals surface area contributed by atoms with E-state index in [1.165, 1.54) is 15.6 Å². The molecule has 2 N–H and O–H groups in total. The minimum atomic E-state index is -3.42. The molecule has 8 heteroatoms. The molecule has 0 amide bonds. The van der Waals surface area contributed by atoms with E-state index in [2.05, 4.69) is 15.0 Å². The number of aromatic nitrogens is 1. The lowest BCUT2D eigenvalue weighted by Crippen LogP contribution is -2.48. The molecule has 1 aromatic rings. The summed E-state index contributed by atoms with van der Waals surface area (Å²) in [4.78, 5) is 3.88. The first-order valence-corrected chi connectivity index (χ1v) is 6.88. The molecule has 0 unspecified atom stereocenters. The second-order valence-corrected chi connectivity index (χ2v) is 5.66. The number of rotatable bonds is 3. The van der Waals surface area contributed by atoms with Gasteiger partial charge in [-0.15, -0.1) is 11.3 Å². The van der Waals surface area contributed by atoms with Gasteiger partial charge in [0.25, 0.3) is 0 Å². The molecule has 0 saturated carbocycles. The fourth-order valence-electron chi connectivity index (χ4n) is 1.33. The van der Waals surface area contributed by atoms with Gasteiger partial charge >= 0.3 is 10.2 Å². The lowest BCUT2D eigenvalue weighted by Gasteiger charge is -2.26. The van der Waals surface area contributed by atoms with Crippen molar-refractivity contribution in [2.24, 2.45) is 0 Å². The molecule has 6 nitrogen and oxygen atoms in total. The summed E-state index contributed by atoms with van der Waals surface area (Å²) in [5, 5.41) is 5.24. The molecule has 1 saturated heterocycles. The van der Waals surface area contributed by atoms with Crippen molar-refractivity contribution in [2.75, 3.05) is 30.9 Å². The fraction of sp³-hybridized carbons (Fsp3) is 0.571. The minimum Gasteiger partial charge on any atom is -0.314 e. The molecule has 84 valence electrons. The Morgan fingerprint density at radius 2 is 2.20 bits per heavy atom. The summed E-state index contributed by atoms with van der Waals surface area (Å²) in [5.41, 5.74) is 0. The molecule has 0 radical (unpaired) electrons. The van der Waals surface area contributed by atoms with Crippen molar-refractivity contribution in [1.82, 2.24) is 14.6 Å². The van der Waals surface area contributed by atoms with Crippen molar-refractivity contribution >= 4 is 26.7 Å². The van der Waals surface area contributed by atoms with Gasteiger partial charge in [0.05, 0.1) is 0 Å². The van der Waals surface area contributed by atoms with Crippen molar-refractivity contribution in [3.8, 4) is 0 Å². The third kappa shape index (κ3) is 2.65. The van der Waals surface area contributed by atoms with Crippen LogP contribution in [0.1, 0.15) is 0 Å². The Morgan fingerprint density at radius 3 is 2.80 bits per heavy atom. The predicted octanol–water partition coefficient (Wildman–Crippen LogP) is -0.295. The Morgan fingerprint density at radius 1 is 1.47 bits per heavy atom. The highest BCUT2D eigenvalue weighted by molar-refractivity contribution is 7.90. The zero-order valence-corrected chi connectivity index (χ0v) is 9.64. The van der Waals surface area contributed by atoms with Crippen molar-refractivity contribution in [2.45, 2.75) is 0 Å². The van der Waals surface area contributed by atoms with Gasteiger partial charge in [0.1, 0.15) is 0 Å². The monoisotopic (exact) mass is 248 g/mol. The average Bonchev–Trinajstić information content (AvgIpc) is 2.71. The van der Waals surface area contributed by atoms with Gasteiger partial charge in [-0.2, -0.15) is 12.7 Å². The molecule has 0 atom stereocenters. The third-order valence-corrected chi connectivity index (χ3v) is 4.38. The number of piperazine rings is 1. The molecule has 1 aromatic heterocycles. The van der Waals surface area contributed by atoms with Crippen LogP contribution in [0.4, 0.5) is 5.13 Å². The van der Waals surface area contributed by atoms with Gasteiger partial charge in [0.15, 0.2) is 5.13 Å². The Kier molecular flexibility index (Phi) is 3.19. The SMILES string of the molecule is O=S(=O)(Nc1nccs1)N1CCNCC1. The standard InChI is InChI=1S/C7H12N4O2S2/c12-15(13,10-7-9-3-6-14-7)11-4-1-8-2-5-11/h3,6,8H,1-2,4-5H2,(H,9,10). The Labute approximate surface area is 92.5 Å². The van der Waals surface area contributed by atoms with Crippen LogP contribution >= 0.6 is 11.3 Å². The van der Waals surface area contributed by atoms with Gasteiger partial charge < -0.3 is 5.32 Å². The lowest BCUT2D eigenvalue weighted by molar-refractivity contribution is 0.362. The highest BCUT2D eigenvalue weighted by Crippen LogP contribution is 2.14. The van der Waals surface area contributed by atoms with Crippen LogP contribution in [0.25, 0.3) is 0 Å². The molecule has 1 aliphatic rings. The summed E-state index contributed by atoms with van der Waals surface area (Å²) in [6.45, 7) is 2.39. The maximum Gasteiger partial charge on any atom is 0.303 e. The molecular formula is C7H12N4O2S2. The van der Waals surface area contributed by atoms with Gasteiger partial charge in [-0.25, -0.2) is 9.71 Å². The van der Waals surface area contributed by atoms with Crippen molar-refractivity contribution in [3.05, 3.63) is 11.6 Å². The maximum atomic E-state index is 11.8. The summed E-state index contributed by atoms with van der Waals surface area (Å²) < 4.78 is 27.5. The normalized spacial score (nSPS) is 18.9. The summed E-state index contributed by atoms with van der Waals surface area (Å²) in [6, 6.07) is 0. The van der Waals surface area contributed by atoms with E-state index in [1.807, 2.05) is 0 Å². The van der Waals surface area contributed by atoms with Crippen LogP contribution in [0.15, 0.2) is 11.6 Å². The zero-order valence-electron chi connectivity index (χ0n) is 8.01. The van der Waals surface area contributed by atoms with E-state index >= 15 is 0 Å². The average molecular weight is 248 g/mol. The van der Waals surface area contributed by atoms with Gasteiger partial charge in [-0.3, -0.25) is 0 Å². The molecular weight excluding hydrogens is 236 g/mol. The van der Waals surface area contributed by atoms with Crippen molar-refractivity contribution in [3.63, 3.8) is 0 Å². The topological polar surface area (TPSA) is 74.3 Å². The number of nitrogens with zero attached hydrogens (tertiary/aromatic N) is 2. The number of anilines is 1. The lowest BCUT2D eigenvalue weighted by atomic mass is 10.4. The largest absolute Gasteiger partial charge is 0.314 e. The first-order valence-electron chi connectivity index (χ1n) is 4.56. The summed E-state index contributed by atoms with van der Waals surface area (Å²) >= 11 is 1.27. The molecule has 15 heavy (non-hydrogen) atoms. The zero-order chi connectivity index (χ0) is 10.7. The molecule has 0 aliphatic carbocycles. The van der Waals surface area contributed by atoms with Crippen LogP contribution in [0.2, 0.25) is 0 Å². The molecule has 2 heterocycles. The van der Waals surface area contributed by atoms with Gasteiger partial charge in [0.2, 0.25) is 0 Å². The van der Waals surface area contributed by atoms with E-state index in [-0.39, 0.29) is 0 Å². The maximum absolute atomic E-state index is 11.8. The summed E-state index contributed by atoms with van der Waals surface area (Å²) in [5.74, 6) is 0. The van der Waals surface area contributed by atoms with E-state index < -0.39 is 10.2 Å². The Balaban J connectivity index is 2.05. The molecule has 0 aromatic carbocycles. The van der Waals surface area contributed by atoms with Crippen LogP contribution in [0.3, 0.4) is 0 Å². The Hall–Kier alpha value is -0.700. The number of hydrogen-bond donors (Lipinski definition) is 2. The van der Waals surface area contributed by atoms with Crippen molar-refractivity contribution in [1.29, 1.82) is 0 Å². The smallest absolute Gasteiger partial charge is 0.303 e. The van der Waals surface area contributed by atoms with Crippen molar-refractivity contribution < 1.29 is 8.42 Å². The van der Waals surface area contributed by atoms with E-state index in [0.717, 1.165) is 0 Å². The van der Waals surface area contributed by atoms with E-state index in [9.17, 15) is 8.42 Å². The highest BCUT2D eigenvalue weighted by Gasteiger charge is 2.23. The first-order chi connectivity index (χ1) is 7.18. The number of nitrogens with one attached hydrogen (secondary N) is 2. The van der Waals surface area contributed by atoms with Gasteiger partial charge in [-0.05, 0) is 0 Å². The quantitative estimate of drug-likeness (QED) is 0.770. The van der Waals surface area contributed by atoms with Crippen LogP contribution in [-0.2, 0) is 10.2 Å². The van der Waals surface area contributed by atoms with Crippen LogP contribution < -0.4 is 10.0 Å². The highest BCUT2D eigenvalue weighted by atomic mass is 32.2. The second-order valence-electron chi connectivity index (χ2n) is 3.09. The van der Waals surface area contributed by atoms with Crippen LogP contribution in [-0.4, -0.2) is 43.9 Å². The second kappa shape index (κ2) is 4.44. The van der Waals surface area contributed by atoms with E-state index in [4.69, 9.17) is 0 Å². The summed E-state index contributed by atoms with van der Waals surface area (Å²) in [6.07, 6.45) is 1.57. The van der Waals surface area contributed by atoms with Gasteiger partial charge in [0, 0.05) is 37.8 Å². The predicted molar refractivity (Wildman–Crippen MR) is 59.1 cm³/mol. The van der Waals surface area contributed by atoms with Crippen LogP contribution in [0, 0.1) is 0 Å². The summed E-state index contributed by atoms with van der Waals surface area (Å²) in [7, 11) is -3.42. The molecule has 0 bridgehead atoms. The molecule has 1 aliphatic heterocycles. The molecule has 2 rings (SSSR count). The Bertz CT molecular complexity index is 397. The van der Waals surface area contributed by atoms with Crippen LogP contribution in [0.5, 0.6) is 0 Å². The number of hydrogen-bond acceptors (Lipinski definition) is 5. The minimum absolute atomic E-state index is 0.411. The fourth-order valence-corrected chi connectivity index (χ4v) is 3.28. The molecule has 1 fully saturated rings. The van der Waals surface area contributed by atoms with E-state index in [0.29, 0.717) is 31.3 Å². The van der Waals surface area contributed by atoms with E-state index in [1.54, 1.807) is 11.6 Å². The number of thiazole rings is 1.